The van der Waals surface area contributed by atoms with Crippen molar-refractivity contribution in [2.75, 3.05) is 21.6 Å². The maximum Gasteiger partial charge on any atom is 0.323 e. The van der Waals surface area contributed by atoms with Crippen molar-refractivity contribution in [2.24, 2.45) is 0 Å². The summed E-state index contributed by atoms with van der Waals surface area (Å²) < 4.78 is 32.7. The Morgan fingerprint density at radius 2 is 1.82 bits per heavy atom. The highest BCUT2D eigenvalue weighted by Gasteiger charge is 2.16. The van der Waals surface area contributed by atoms with Crippen LogP contribution in [0.5, 0.6) is 11.5 Å². The van der Waals surface area contributed by atoms with Gasteiger partial charge in [-0.2, -0.15) is 10.2 Å². The summed E-state index contributed by atoms with van der Waals surface area (Å²) in [4.78, 5) is 16.8. The molecular weight excluding hydrogens is 520 g/mol. The van der Waals surface area contributed by atoms with Crippen molar-refractivity contribution >= 4 is 44.1 Å². The number of pyridine rings is 1. The summed E-state index contributed by atoms with van der Waals surface area (Å²) in [6, 6.07) is 15.3. The number of nitrogens with zero attached hydrogens (tertiary/aromatic N) is 4. The lowest BCUT2D eigenvalue weighted by Crippen LogP contribution is -2.19. The monoisotopic (exact) mass is 546 g/mol. The van der Waals surface area contributed by atoms with Gasteiger partial charge in [0.15, 0.2) is 0 Å². The molecule has 13 heteroatoms. The van der Waals surface area contributed by atoms with Gasteiger partial charge in [-0.15, -0.1) is 0 Å². The van der Waals surface area contributed by atoms with Gasteiger partial charge in [0, 0.05) is 41.1 Å². The van der Waals surface area contributed by atoms with Gasteiger partial charge in [-0.3, -0.25) is 14.5 Å². The van der Waals surface area contributed by atoms with Gasteiger partial charge in [0.1, 0.15) is 23.0 Å². The predicted octanol–water partition coefficient (Wildman–Crippen LogP) is 5.21. The van der Waals surface area contributed by atoms with Gasteiger partial charge in [0.2, 0.25) is 10.0 Å². The van der Waals surface area contributed by atoms with Crippen LogP contribution in [0.3, 0.4) is 0 Å². The van der Waals surface area contributed by atoms with Crippen LogP contribution in [0.25, 0.3) is 22.2 Å². The topological polar surface area (TPSA) is 156 Å². The third kappa shape index (κ3) is 6.33. The average Bonchev–Trinajstić information content (AvgIpc) is 3.51. The Morgan fingerprint density at radius 3 is 2.56 bits per heavy atom. The maximum absolute atomic E-state index is 12.9. The van der Waals surface area contributed by atoms with Gasteiger partial charge in [0.05, 0.1) is 23.7 Å². The number of amides is 2. The molecule has 2 aromatic carbocycles. The van der Waals surface area contributed by atoms with Crippen molar-refractivity contribution in [1.82, 2.24) is 25.0 Å². The molecule has 0 saturated carbocycles. The van der Waals surface area contributed by atoms with Gasteiger partial charge >= 0.3 is 6.03 Å². The van der Waals surface area contributed by atoms with Crippen LogP contribution in [-0.4, -0.2) is 45.7 Å². The molecule has 0 atom stereocenters. The molecule has 0 unspecified atom stereocenters. The van der Waals surface area contributed by atoms with Crippen LogP contribution in [0.1, 0.15) is 19.9 Å². The number of ether oxygens (including phenoxy) is 1. The zero-order valence-electron chi connectivity index (χ0n) is 21.3. The normalized spacial score (nSPS) is 11.5. The number of nitrogens with one attached hydrogen (secondary N) is 4. The van der Waals surface area contributed by atoms with Gasteiger partial charge in [-0.05, 0) is 56.3 Å². The number of rotatable bonds is 8. The van der Waals surface area contributed by atoms with Crippen LogP contribution in [0, 0.1) is 0 Å². The van der Waals surface area contributed by atoms with Crippen molar-refractivity contribution < 1.29 is 17.9 Å². The molecule has 0 aliphatic rings. The second kappa shape index (κ2) is 10.5. The van der Waals surface area contributed by atoms with Crippen LogP contribution in [0.15, 0.2) is 73.2 Å². The van der Waals surface area contributed by atoms with Crippen LogP contribution < -0.4 is 20.1 Å². The predicted molar refractivity (Wildman–Crippen MR) is 150 cm³/mol. The summed E-state index contributed by atoms with van der Waals surface area (Å²) in [6.07, 6.45) is 6.02. The zero-order chi connectivity index (χ0) is 27.6. The molecule has 39 heavy (non-hydrogen) atoms. The second-order valence-electron chi connectivity index (χ2n) is 9.09. The number of hydrogen-bond donors (Lipinski definition) is 4. The maximum atomic E-state index is 12.9. The molecule has 200 valence electrons. The minimum atomic E-state index is -3.46. The highest BCUT2D eigenvalue weighted by Crippen LogP contribution is 2.30. The third-order valence-corrected chi connectivity index (χ3v) is 6.17. The molecule has 5 rings (SSSR count). The smallest absolute Gasteiger partial charge is 0.323 e. The summed E-state index contributed by atoms with van der Waals surface area (Å²) in [5, 5.41) is 18.4. The molecule has 0 bridgehead atoms. The van der Waals surface area contributed by atoms with Crippen molar-refractivity contribution in [3.8, 4) is 22.8 Å². The first-order valence-electron chi connectivity index (χ1n) is 12.0. The van der Waals surface area contributed by atoms with Crippen molar-refractivity contribution in [3.05, 3.63) is 73.2 Å². The van der Waals surface area contributed by atoms with Gasteiger partial charge in [0.25, 0.3) is 0 Å². The number of anilines is 3. The molecule has 3 aromatic heterocycles. The van der Waals surface area contributed by atoms with Crippen molar-refractivity contribution in [1.29, 1.82) is 0 Å². The fourth-order valence-corrected chi connectivity index (χ4v) is 4.29. The Balaban J connectivity index is 1.27. The lowest BCUT2D eigenvalue weighted by atomic mass is 10.1. The Bertz CT molecular complexity index is 1740. The first-order valence-corrected chi connectivity index (χ1v) is 13.8. The van der Waals surface area contributed by atoms with E-state index in [-0.39, 0.29) is 11.9 Å². The first kappa shape index (κ1) is 25.7. The SMILES string of the molecule is CC(C)n1cc(NC(=O)Nc2ccc(Oc3ccnc(NS(C)(=O)=O)c3)cc2)c(-c2ccc3[nH]ncc3c2)n1. The molecule has 5 aromatic rings. The Hall–Kier alpha value is -4.91. The van der Waals surface area contributed by atoms with Crippen molar-refractivity contribution in [2.45, 2.75) is 19.9 Å². The van der Waals surface area contributed by atoms with E-state index in [0.717, 1.165) is 22.7 Å². The summed E-state index contributed by atoms with van der Waals surface area (Å²) in [5.41, 5.74) is 3.53. The number of sulfonamides is 1. The molecule has 0 aliphatic carbocycles. The number of hydrogen-bond acceptors (Lipinski definition) is 7. The lowest BCUT2D eigenvalue weighted by molar-refractivity contribution is 0.262. The van der Waals surface area contributed by atoms with Crippen LogP contribution in [0.2, 0.25) is 0 Å². The molecular formula is C26H26N8O4S. The van der Waals surface area contributed by atoms with E-state index in [0.29, 0.717) is 28.6 Å². The number of carbonyl (C=O) groups excluding carboxylic acids is 1. The van der Waals surface area contributed by atoms with Crippen LogP contribution in [0.4, 0.5) is 22.0 Å². The molecule has 4 N–H and O–H groups in total. The summed E-state index contributed by atoms with van der Waals surface area (Å²) in [5.74, 6) is 1.04. The molecule has 12 nitrogen and oxygen atoms in total. The number of aromatic nitrogens is 5. The van der Waals surface area contributed by atoms with Gasteiger partial charge in [-0.1, -0.05) is 6.07 Å². The number of fused-ring (bicyclic) bond motifs is 1. The molecule has 0 saturated heterocycles. The van der Waals surface area contributed by atoms with E-state index < -0.39 is 16.1 Å². The minimum Gasteiger partial charge on any atom is -0.457 e. The van der Waals surface area contributed by atoms with E-state index in [1.165, 1.54) is 12.3 Å². The molecule has 0 aliphatic heterocycles. The zero-order valence-corrected chi connectivity index (χ0v) is 22.2. The third-order valence-electron chi connectivity index (χ3n) is 5.59. The van der Waals surface area contributed by atoms with Crippen molar-refractivity contribution in [3.63, 3.8) is 0 Å². The average molecular weight is 547 g/mol. The highest BCUT2D eigenvalue weighted by atomic mass is 32.2. The summed E-state index contributed by atoms with van der Waals surface area (Å²) >= 11 is 0. The van der Waals surface area contributed by atoms with E-state index in [4.69, 9.17) is 9.84 Å². The van der Waals surface area contributed by atoms with Crippen LogP contribution >= 0.6 is 0 Å². The standard InChI is InChI=1S/C26H26N8O4S/c1-16(2)34-15-23(25(32-34)17-4-9-22-18(12-17)14-28-31-22)30-26(35)29-19-5-7-20(8-6-19)38-21-10-11-27-24(13-21)33-39(3,36)37/h4-16H,1-3H3,(H,27,33)(H,28,31)(H2,29,30,35). The summed E-state index contributed by atoms with van der Waals surface area (Å²) in [7, 11) is -3.46. The van der Waals surface area contributed by atoms with Crippen LogP contribution in [-0.2, 0) is 10.0 Å². The number of urea groups is 1. The van der Waals surface area contributed by atoms with E-state index in [2.05, 4.69) is 30.5 Å². The number of aromatic amines is 1. The Kier molecular flexibility index (Phi) is 6.90. The van der Waals surface area contributed by atoms with Gasteiger partial charge in [-0.25, -0.2) is 18.2 Å². The molecule has 0 radical (unpaired) electrons. The molecule has 0 fully saturated rings. The van der Waals surface area contributed by atoms with E-state index in [1.54, 1.807) is 47.4 Å². The minimum absolute atomic E-state index is 0.103. The fraction of sp³-hybridized carbons (Fsp3) is 0.154. The first-order chi connectivity index (χ1) is 18.6. The lowest BCUT2D eigenvalue weighted by Gasteiger charge is -2.10. The van der Waals surface area contributed by atoms with Gasteiger partial charge < -0.3 is 15.4 Å². The van der Waals surface area contributed by atoms with E-state index >= 15 is 0 Å². The largest absolute Gasteiger partial charge is 0.457 e. The number of carbonyl (C=O) groups is 1. The van der Waals surface area contributed by atoms with E-state index in [9.17, 15) is 13.2 Å². The Labute approximate surface area is 224 Å². The molecule has 3 heterocycles. The number of benzene rings is 2. The number of H-pyrrole nitrogens is 1. The fourth-order valence-electron chi connectivity index (χ4n) is 3.80. The highest BCUT2D eigenvalue weighted by molar-refractivity contribution is 7.92. The molecule has 0 spiro atoms. The second-order valence-corrected chi connectivity index (χ2v) is 10.8. The Morgan fingerprint density at radius 1 is 1.03 bits per heavy atom. The van der Waals surface area contributed by atoms with E-state index in [1.807, 2.05) is 32.0 Å². The quantitative estimate of drug-likeness (QED) is 0.208. The summed E-state index contributed by atoms with van der Waals surface area (Å²) in [6.45, 7) is 4.02. The molecule has 2 amide bonds.